The monoisotopic (exact) mass is 360 g/mol. The molecule has 0 radical (unpaired) electrons. The second-order valence-corrected chi connectivity index (χ2v) is 7.44. The van der Waals surface area contributed by atoms with E-state index in [2.05, 4.69) is 23.6 Å². The van der Waals surface area contributed by atoms with Gasteiger partial charge in [0, 0.05) is 44.3 Å². The maximum atomic E-state index is 12.8. The van der Waals surface area contributed by atoms with Crippen LogP contribution in [0.3, 0.4) is 0 Å². The molecule has 7 nitrogen and oxygen atoms in total. The molecule has 1 amide bonds. The number of likely N-dealkylation sites (tertiary alicyclic amines) is 1. The lowest BCUT2D eigenvalue weighted by atomic mass is 9.97. The van der Waals surface area contributed by atoms with Crippen molar-refractivity contribution in [3.05, 3.63) is 34.4 Å². The maximum Gasteiger partial charge on any atom is 0.292 e. The van der Waals surface area contributed by atoms with Crippen LogP contribution in [0.5, 0.6) is 0 Å². The molecule has 0 spiro atoms. The average molecular weight is 360 g/mol. The Morgan fingerprint density at radius 3 is 2.35 bits per heavy atom. The zero-order valence-corrected chi connectivity index (χ0v) is 15.6. The minimum atomic E-state index is -0.329. The van der Waals surface area contributed by atoms with E-state index >= 15 is 0 Å². The molecular weight excluding hydrogens is 332 g/mol. The molecule has 0 unspecified atom stereocenters. The molecule has 0 N–H and O–H groups in total. The van der Waals surface area contributed by atoms with Gasteiger partial charge in [0.15, 0.2) is 0 Å². The number of rotatable bonds is 4. The number of piperidine rings is 1. The largest absolute Gasteiger partial charge is 0.363 e. The van der Waals surface area contributed by atoms with Crippen molar-refractivity contribution in [3.8, 4) is 0 Å². The lowest BCUT2D eigenvalue weighted by Crippen LogP contribution is -2.54. The topological polar surface area (TPSA) is 69.9 Å². The summed E-state index contributed by atoms with van der Waals surface area (Å²) in [5, 5.41) is 11.2. The van der Waals surface area contributed by atoms with Gasteiger partial charge in [0.2, 0.25) is 5.91 Å². The second kappa shape index (κ2) is 8.03. The Hall–Kier alpha value is -2.15. The van der Waals surface area contributed by atoms with Gasteiger partial charge in [-0.1, -0.05) is 12.1 Å². The first-order valence-corrected chi connectivity index (χ1v) is 9.49. The summed E-state index contributed by atoms with van der Waals surface area (Å²) in [6.45, 7) is 7.61. The van der Waals surface area contributed by atoms with E-state index in [1.165, 1.54) is 6.42 Å². The molecule has 0 saturated carbocycles. The molecular formula is C19H28N4O3. The van der Waals surface area contributed by atoms with E-state index in [9.17, 15) is 14.9 Å². The molecule has 2 aliphatic rings. The molecule has 0 aromatic heterocycles. The highest BCUT2D eigenvalue weighted by Gasteiger charge is 2.31. The Bertz CT molecular complexity index is 648. The van der Waals surface area contributed by atoms with Crippen molar-refractivity contribution >= 4 is 17.3 Å². The third-order valence-electron chi connectivity index (χ3n) is 5.63. The van der Waals surface area contributed by atoms with Gasteiger partial charge in [-0.3, -0.25) is 19.8 Å². The number of carbonyl (C=O) groups excluding carboxylic acids is 1. The van der Waals surface area contributed by atoms with Gasteiger partial charge >= 0.3 is 0 Å². The molecule has 2 saturated heterocycles. The Morgan fingerprint density at radius 2 is 1.73 bits per heavy atom. The normalized spacial score (nSPS) is 24.5. The van der Waals surface area contributed by atoms with E-state index in [-0.39, 0.29) is 16.5 Å². The van der Waals surface area contributed by atoms with Gasteiger partial charge in [-0.15, -0.1) is 0 Å². The van der Waals surface area contributed by atoms with Gasteiger partial charge in [0.25, 0.3) is 5.69 Å². The minimum absolute atomic E-state index is 0.146. The fourth-order valence-corrected chi connectivity index (χ4v) is 4.22. The summed E-state index contributed by atoms with van der Waals surface area (Å²) >= 11 is 0. The van der Waals surface area contributed by atoms with Crippen LogP contribution in [-0.4, -0.2) is 65.4 Å². The smallest absolute Gasteiger partial charge is 0.292 e. The summed E-state index contributed by atoms with van der Waals surface area (Å²) in [5.41, 5.74) is 0.815. The maximum absolute atomic E-state index is 12.8. The number of anilines is 1. The van der Waals surface area contributed by atoms with Gasteiger partial charge in [-0.25, -0.2) is 0 Å². The molecule has 2 heterocycles. The highest BCUT2D eigenvalue weighted by Crippen LogP contribution is 2.28. The molecule has 7 heteroatoms. The lowest BCUT2D eigenvalue weighted by molar-refractivity contribution is -0.384. The summed E-state index contributed by atoms with van der Waals surface area (Å²) in [4.78, 5) is 29.9. The predicted octanol–water partition coefficient (Wildman–Crippen LogP) is 2.51. The quantitative estimate of drug-likeness (QED) is 0.609. The number of nitro groups is 1. The Labute approximate surface area is 154 Å². The number of nitrogens with zero attached hydrogens (tertiary/aromatic N) is 4. The standard InChI is InChI=1S/C19H28N4O3/c1-15-6-5-7-16(2)22(15)19(24)14-20-10-12-21(13-11-20)17-8-3-4-9-18(17)23(25)26/h3-4,8-9,15-16H,5-7,10-14H2,1-2H3/t15-,16-/m0/s1. The molecule has 0 bridgehead atoms. The third-order valence-corrected chi connectivity index (χ3v) is 5.63. The molecule has 3 rings (SSSR count). The van der Waals surface area contributed by atoms with Crippen LogP contribution in [0.2, 0.25) is 0 Å². The second-order valence-electron chi connectivity index (χ2n) is 7.44. The van der Waals surface area contributed by atoms with Crippen LogP contribution in [-0.2, 0) is 4.79 Å². The highest BCUT2D eigenvalue weighted by atomic mass is 16.6. The van der Waals surface area contributed by atoms with E-state index < -0.39 is 0 Å². The zero-order chi connectivity index (χ0) is 18.7. The average Bonchev–Trinajstić information content (AvgIpc) is 2.62. The molecule has 2 atom stereocenters. The number of para-hydroxylation sites is 2. The van der Waals surface area contributed by atoms with E-state index in [4.69, 9.17) is 0 Å². The molecule has 26 heavy (non-hydrogen) atoms. The van der Waals surface area contributed by atoms with Crippen LogP contribution in [0, 0.1) is 10.1 Å². The fraction of sp³-hybridized carbons (Fsp3) is 0.632. The number of hydrogen-bond donors (Lipinski definition) is 0. The predicted molar refractivity (Wildman–Crippen MR) is 101 cm³/mol. The third kappa shape index (κ3) is 3.98. The van der Waals surface area contributed by atoms with Crippen molar-refractivity contribution in [2.75, 3.05) is 37.6 Å². The summed E-state index contributed by atoms with van der Waals surface area (Å²) < 4.78 is 0. The van der Waals surface area contributed by atoms with E-state index in [0.717, 1.165) is 25.9 Å². The molecule has 142 valence electrons. The first-order valence-electron chi connectivity index (χ1n) is 9.49. The van der Waals surface area contributed by atoms with Gasteiger partial charge in [0.05, 0.1) is 11.5 Å². The number of piperazine rings is 1. The first-order chi connectivity index (χ1) is 12.5. The van der Waals surface area contributed by atoms with Crippen molar-refractivity contribution < 1.29 is 9.72 Å². The molecule has 1 aromatic rings. The number of nitro benzene ring substituents is 1. The van der Waals surface area contributed by atoms with Crippen molar-refractivity contribution in [1.29, 1.82) is 0 Å². The van der Waals surface area contributed by atoms with Gasteiger partial charge in [-0.05, 0) is 39.2 Å². The summed E-state index contributed by atoms with van der Waals surface area (Å²) in [6.07, 6.45) is 3.36. The van der Waals surface area contributed by atoms with Crippen LogP contribution in [0.4, 0.5) is 11.4 Å². The van der Waals surface area contributed by atoms with Gasteiger partial charge in [-0.2, -0.15) is 0 Å². The van der Waals surface area contributed by atoms with Crippen molar-refractivity contribution in [2.24, 2.45) is 0 Å². The molecule has 1 aromatic carbocycles. The molecule has 0 aliphatic carbocycles. The Kier molecular flexibility index (Phi) is 5.76. The van der Waals surface area contributed by atoms with Gasteiger partial charge in [0.1, 0.15) is 5.69 Å². The minimum Gasteiger partial charge on any atom is -0.363 e. The van der Waals surface area contributed by atoms with E-state index in [1.807, 2.05) is 11.0 Å². The fourth-order valence-electron chi connectivity index (χ4n) is 4.22. The van der Waals surface area contributed by atoms with Crippen LogP contribution < -0.4 is 4.90 Å². The van der Waals surface area contributed by atoms with Crippen LogP contribution in [0.15, 0.2) is 24.3 Å². The summed E-state index contributed by atoms with van der Waals surface area (Å²) in [6, 6.07) is 7.51. The number of amides is 1. The van der Waals surface area contributed by atoms with Crippen LogP contribution >= 0.6 is 0 Å². The van der Waals surface area contributed by atoms with Crippen molar-refractivity contribution in [2.45, 2.75) is 45.2 Å². The summed E-state index contributed by atoms with van der Waals surface area (Å²) in [5.74, 6) is 0.212. The number of carbonyl (C=O) groups is 1. The lowest BCUT2D eigenvalue weighted by Gasteiger charge is -2.41. The molecule has 2 fully saturated rings. The zero-order valence-electron chi connectivity index (χ0n) is 15.6. The van der Waals surface area contributed by atoms with Crippen LogP contribution in [0.25, 0.3) is 0 Å². The first kappa shape index (κ1) is 18.6. The van der Waals surface area contributed by atoms with Crippen LogP contribution in [0.1, 0.15) is 33.1 Å². The Balaban J connectivity index is 1.57. The van der Waals surface area contributed by atoms with Gasteiger partial charge < -0.3 is 9.80 Å². The van der Waals surface area contributed by atoms with Crippen molar-refractivity contribution in [1.82, 2.24) is 9.80 Å². The highest BCUT2D eigenvalue weighted by molar-refractivity contribution is 5.79. The number of hydrogen-bond acceptors (Lipinski definition) is 5. The van der Waals surface area contributed by atoms with E-state index in [1.54, 1.807) is 18.2 Å². The van der Waals surface area contributed by atoms with E-state index in [0.29, 0.717) is 37.4 Å². The summed E-state index contributed by atoms with van der Waals surface area (Å²) in [7, 11) is 0. The molecule has 2 aliphatic heterocycles. The number of benzene rings is 1. The van der Waals surface area contributed by atoms with Crippen molar-refractivity contribution in [3.63, 3.8) is 0 Å². The SMILES string of the molecule is C[C@H]1CCC[C@H](C)N1C(=O)CN1CCN(c2ccccc2[N+](=O)[O-])CC1. The Morgan fingerprint density at radius 1 is 1.12 bits per heavy atom.